The maximum Gasteiger partial charge on any atom is 0.341 e. The first kappa shape index (κ1) is 18.0. The Bertz CT molecular complexity index is 571. The van der Waals surface area contributed by atoms with Crippen LogP contribution in [0, 0.1) is 19.8 Å². The van der Waals surface area contributed by atoms with Crippen molar-refractivity contribution >= 4 is 28.2 Å². The molecule has 0 saturated heterocycles. The minimum Gasteiger partial charge on any atom is -0.459 e. The van der Waals surface area contributed by atoms with Gasteiger partial charge in [0.2, 0.25) is 5.91 Å². The molecular formula is C18H27NO3S. The van der Waals surface area contributed by atoms with Crippen LogP contribution in [0.2, 0.25) is 0 Å². The number of esters is 1. The molecule has 128 valence electrons. The molecule has 1 aliphatic rings. The second-order valence-electron chi connectivity index (χ2n) is 6.68. The van der Waals surface area contributed by atoms with Crippen molar-refractivity contribution in [2.24, 2.45) is 5.92 Å². The monoisotopic (exact) mass is 337 g/mol. The molecule has 23 heavy (non-hydrogen) atoms. The van der Waals surface area contributed by atoms with Gasteiger partial charge in [0.15, 0.2) is 0 Å². The number of amides is 1. The average molecular weight is 337 g/mol. The summed E-state index contributed by atoms with van der Waals surface area (Å²) < 4.78 is 5.31. The van der Waals surface area contributed by atoms with Crippen LogP contribution in [0.15, 0.2) is 0 Å². The van der Waals surface area contributed by atoms with Gasteiger partial charge in [-0.25, -0.2) is 4.79 Å². The maximum atomic E-state index is 12.3. The smallest absolute Gasteiger partial charge is 0.341 e. The molecule has 4 nitrogen and oxygen atoms in total. The lowest BCUT2D eigenvalue weighted by Crippen LogP contribution is -2.17. The third-order valence-corrected chi connectivity index (χ3v) is 5.56. The van der Waals surface area contributed by atoms with Crippen molar-refractivity contribution in [1.29, 1.82) is 0 Å². The van der Waals surface area contributed by atoms with Crippen molar-refractivity contribution in [2.45, 2.75) is 72.3 Å². The van der Waals surface area contributed by atoms with Crippen molar-refractivity contribution in [3.05, 3.63) is 16.0 Å². The zero-order valence-electron chi connectivity index (χ0n) is 14.5. The first-order chi connectivity index (χ1) is 10.9. The fourth-order valence-corrected chi connectivity index (χ4v) is 4.12. The molecule has 0 aliphatic heterocycles. The Labute approximate surface area is 142 Å². The molecule has 1 aliphatic carbocycles. The Morgan fingerprint density at radius 2 is 1.91 bits per heavy atom. The highest BCUT2D eigenvalue weighted by atomic mass is 32.1. The molecule has 0 unspecified atom stereocenters. The predicted octanol–water partition coefficient (Wildman–Crippen LogP) is 4.84. The summed E-state index contributed by atoms with van der Waals surface area (Å²) in [5.74, 6) is 0.336. The second-order valence-corrected chi connectivity index (χ2v) is 7.90. The van der Waals surface area contributed by atoms with E-state index in [1.54, 1.807) is 0 Å². The summed E-state index contributed by atoms with van der Waals surface area (Å²) in [6, 6.07) is 0. The Hall–Kier alpha value is -1.36. The topological polar surface area (TPSA) is 55.4 Å². The van der Waals surface area contributed by atoms with Gasteiger partial charge >= 0.3 is 5.97 Å². The van der Waals surface area contributed by atoms with E-state index in [9.17, 15) is 9.59 Å². The van der Waals surface area contributed by atoms with Crippen LogP contribution in [0.1, 0.15) is 73.2 Å². The Balaban J connectivity index is 2.02. The van der Waals surface area contributed by atoms with E-state index in [1.807, 2.05) is 27.7 Å². The van der Waals surface area contributed by atoms with Gasteiger partial charge < -0.3 is 10.1 Å². The molecule has 1 saturated carbocycles. The van der Waals surface area contributed by atoms with Crippen LogP contribution in [-0.2, 0) is 9.53 Å². The largest absolute Gasteiger partial charge is 0.459 e. The third-order valence-electron chi connectivity index (χ3n) is 4.44. The first-order valence-electron chi connectivity index (χ1n) is 8.49. The normalized spacial score (nSPS) is 15.2. The molecule has 1 fully saturated rings. The van der Waals surface area contributed by atoms with Gasteiger partial charge in [0, 0.05) is 11.3 Å². The molecule has 0 spiro atoms. The number of hydrogen-bond donors (Lipinski definition) is 1. The van der Waals surface area contributed by atoms with E-state index in [0.717, 1.165) is 16.9 Å². The summed E-state index contributed by atoms with van der Waals surface area (Å²) in [6.45, 7) is 7.51. The third kappa shape index (κ3) is 4.80. The standard InChI is InChI=1S/C18H27NO3S/c1-11(2)22-18(21)16-12(3)13(4)23-17(16)19-15(20)10-9-14-7-5-6-8-14/h11,14H,5-10H2,1-4H3,(H,19,20). The quantitative estimate of drug-likeness (QED) is 0.756. The van der Waals surface area contributed by atoms with Crippen molar-refractivity contribution < 1.29 is 14.3 Å². The fraction of sp³-hybridized carbons (Fsp3) is 0.667. The van der Waals surface area contributed by atoms with E-state index in [1.165, 1.54) is 37.0 Å². The molecule has 2 rings (SSSR count). The Morgan fingerprint density at radius 1 is 1.26 bits per heavy atom. The van der Waals surface area contributed by atoms with Gasteiger partial charge in [0.1, 0.15) is 5.00 Å². The molecule has 0 radical (unpaired) electrons. The van der Waals surface area contributed by atoms with E-state index >= 15 is 0 Å². The van der Waals surface area contributed by atoms with Crippen LogP contribution in [0.3, 0.4) is 0 Å². The molecular weight excluding hydrogens is 310 g/mol. The SMILES string of the molecule is Cc1sc(NC(=O)CCC2CCCC2)c(C(=O)OC(C)C)c1C. The number of rotatable bonds is 6. The minimum atomic E-state index is -0.354. The molecule has 0 atom stereocenters. The van der Waals surface area contributed by atoms with Crippen molar-refractivity contribution in [1.82, 2.24) is 0 Å². The van der Waals surface area contributed by atoms with Gasteiger partial charge in [-0.3, -0.25) is 4.79 Å². The van der Waals surface area contributed by atoms with E-state index in [4.69, 9.17) is 4.74 Å². The number of carbonyl (C=O) groups is 2. The van der Waals surface area contributed by atoms with E-state index in [2.05, 4.69) is 5.32 Å². The molecule has 1 heterocycles. The van der Waals surface area contributed by atoms with E-state index in [-0.39, 0.29) is 18.0 Å². The summed E-state index contributed by atoms with van der Waals surface area (Å²) in [5, 5.41) is 3.56. The van der Waals surface area contributed by atoms with Crippen LogP contribution in [0.25, 0.3) is 0 Å². The van der Waals surface area contributed by atoms with Gasteiger partial charge in [0.05, 0.1) is 11.7 Å². The van der Waals surface area contributed by atoms with Crippen LogP contribution in [0.4, 0.5) is 5.00 Å². The number of thiophene rings is 1. The van der Waals surface area contributed by atoms with Crippen LogP contribution < -0.4 is 5.32 Å². The molecule has 1 amide bonds. The molecule has 5 heteroatoms. The average Bonchev–Trinajstić information content (AvgIpc) is 3.05. The molecule has 1 N–H and O–H groups in total. The van der Waals surface area contributed by atoms with Gasteiger partial charge in [-0.1, -0.05) is 25.7 Å². The highest BCUT2D eigenvalue weighted by Gasteiger charge is 2.23. The number of carbonyl (C=O) groups excluding carboxylic acids is 2. The van der Waals surface area contributed by atoms with Crippen molar-refractivity contribution in [3.8, 4) is 0 Å². The number of anilines is 1. The van der Waals surface area contributed by atoms with Gasteiger partial charge in [-0.05, 0) is 45.6 Å². The van der Waals surface area contributed by atoms with Crippen LogP contribution in [0.5, 0.6) is 0 Å². The van der Waals surface area contributed by atoms with Crippen LogP contribution in [-0.4, -0.2) is 18.0 Å². The van der Waals surface area contributed by atoms with Gasteiger partial charge in [0.25, 0.3) is 0 Å². The minimum absolute atomic E-state index is 0.00301. The Morgan fingerprint density at radius 3 is 2.52 bits per heavy atom. The lowest BCUT2D eigenvalue weighted by molar-refractivity contribution is -0.116. The number of nitrogens with one attached hydrogen (secondary N) is 1. The zero-order valence-corrected chi connectivity index (χ0v) is 15.3. The molecule has 0 bridgehead atoms. The number of hydrogen-bond acceptors (Lipinski definition) is 4. The summed E-state index contributed by atoms with van der Waals surface area (Å²) in [7, 11) is 0. The van der Waals surface area contributed by atoms with Crippen molar-refractivity contribution in [2.75, 3.05) is 5.32 Å². The van der Waals surface area contributed by atoms with E-state index < -0.39 is 0 Å². The number of ether oxygens (including phenoxy) is 1. The predicted molar refractivity (Wildman–Crippen MR) is 94.2 cm³/mol. The van der Waals surface area contributed by atoms with Crippen molar-refractivity contribution in [3.63, 3.8) is 0 Å². The first-order valence-corrected chi connectivity index (χ1v) is 9.31. The highest BCUT2D eigenvalue weighted by molar-refractivity contribution is 7.16. The summed E-state index contributed by atoms with van der Waals surface area (Å²) >= 11 is 1.45. The molecule has 1 aromatic heterocycles. The van der Waals surface area contributed by atoms with Crippen LogP contribution >= 0.6 is 11.3 Å². The lowest BCUT2D eigenvalue weighted by Gasteiger charge is -2.11. The number of aryl methyl sites for hydroxylation is 1. The fourth-order valence-electron chi connectivity index (χ4n) is 3.06. The van der Waals surface area contributed by atoms with Gasteiger partial charge in [-0.15, -0.1) is 11.3 Å². The molecule has 0 aromatic carbocycles. The summed E-state index contributed by atoms with van der Waals surface area (Å²) in [4.78, 5) is 25.6. The zero-order chi connectivity index (χ0) is 17.0. The molecule has 1 aromatic rings. The second kappa shape index (κ2) is 7.95. The van der Waals surface area contributed by atoms with Gasteiger partial charge in [-0.2, -0.15) is 0 Å². The van der Waals surface area contributed by atoms with E-state index in [0.29, 0.717) is 22.9 Å². The summed E-state index contributed by atoms with van der Waals surface area (Å²) in [5.41, 5.74) is 1.40. The lowest BCUT2D eigenvalue weighted by atomic mass is 10.0. The highest BCUT2D eigenvalue weighted by Crippen LogP contribution is 2.34. The summed E-state index contributed by atoms with van der Waals surface area (Å²) in [6.07, 6.45) is 6.38. The Kier molecular flexibility index (Phi) is 6.22. The maximum absolute atomic E-state index is 12.3.